The first kappa shape index (κ1) is 16.1. The molecule has 3 nitrogen and oxygen atoms in total. The van der Waals surface area contributed by atoms with E-state index in [0.29, 0.717) is 15.9 Å². The van der Waals surface area contributed by atoms with Crippen molar-refractivity contribution < 1.29 is 0 Å². The Kier molecular flexibility index (Phi) is 5.85. The van der Waals surface area contributed by atoms with Gasteiger partial charge >= 0.3 is 0 Å². The van der Waals surface area contributed by atoms with Gasteiger partial charge in [-0.1, -0.05) is 42.3 Å². The van der Waals surface area contributed by atoms with Gasteiger partial charge in [-0.3, -0.25) is 0 Å². The number of likely N-dealkylation sites (N-methyl/N-ethyl adjacent to an activating group) is 1. The smallest absolute Gasteiger partial charge is 0.126 e. The van der Waals surface area contributed by atoms with Gasteiger partial charge in [0.25, 0.3) is 0 Å². The molecule has 1 aromatic heterocycles. The van der Waals surface area contributed by atoms with Crippen molar-refractivity contribution in [1.82, 2.24) is 10.3 Å². The Morgan fingerprint density at radius 3 is 2.62 bits per heavy atom. The van der Waals surface area contributed by atoms with E-state index in [9.17, 15) is 0 Å². The van der Waals surface area contributed by atoms with Gasteiger partial charge in [-0.25, -0.2) is 4.98 Å². The van der Waals surface area contributed by atoms with Crippen LogP contribution in [-0.2, 0) is 12.8 Å². The number of nitrogens with two attached hydrogens (primary N) is 1. The van der Waals surface area contributed by atoms with E-state index in [1.807, 2.05) is 24.3 Å². The molecule has 0 spiro atoms. The minimum absolute atomic E-state index is 0.250. The number of nitrogens with one attached hydrogen (secondary N) is 1. The topological polar surface area (TPSA) is 50.9 Å². The van der Waals surface area contributed by atoms with Crippen molar-refractivity contribution in [1.29, 1.82) is 0 Å². The van der Waals surface area contributed by atoms with Crippen LogP contribution in [0.5, 0.6) is 0 Å². The van der Waals surface area contributed by atoms with Crippen LogP contribution in [0.1, 0.15) is 18.1 Å². The number of aromatic nitrogens is 1. The van der Waals surface area contributed by atoms with Gasteiger partial charge in [0.15, 0.2) is 0 Å². The lowest BCUT2D eigenvalue weighted by molar-refractivity contribution is 0.521. The quantitative estimate of drug-likeness (QED) is 0.851. The fourth-order valence-electron chi connectivity index (χ4n) is 2.35. The Morgan fingerprint density at radius 2 is 1.95 bits per heavy atom. The van der Waals surface area contributed by atoms with Crippen LogP contribution in [0.15, 0.2) is 36.5 Å². The zero-order valence-corrected chi connectivity index (χ0v) is 13.5. The van der Waals surface area contributed by atoms with Gasteiger partial charge in [0.1, 0.15) is 5.82 Å². The first-order valence-electron chi connectivity index (χ1n) is 6.96. The maximum Gasteiger partial charge on any atom is 0.126 e. The molecule has 1 heterocycles. The lowest BCUT2D eigenvalue weighted by Crippen LogP contribution is -2.33. The number of anilines is 1. The molecule has 0 saturated heterocycles. The summed E-state index contributed by atoms with van der Waals surface area (Å²) in [5.41, 5.74) is 8.05. The number of rotatable bonds is 6. The Hall–Kier alpha value is -1.29. The summed E-state index contributed by atoms with van der Waals surface area (Å²) in [6.07, 6.45) is 3.34. The van der Waals surface area contributed by atoms with E-state index < -0.39 is 0 Å². The lowest BCUT2D eigenvalue weighted by Gasteiger charge is -2.19. The third-order valence-corrected chi connectivity index (χ3v) is 3.95. The van der Waals surface area contributed by atoms with Crippen LogP contribution < -0.4 is 11.1 Å². The molecule has 0 bridgehead atoms. The number of pyridine rings is 1. The molecular formula is C16H19Cl2N3. The molecule has 0 amide bonds. The summed E-state index contributed by atoms with van der Waals surface area (Å²) in [5.74, 6) is 0.586. The highest BCUT2D eigenvalue weighted by atomic mass is 35.5. The van der Waals surface area contributed by atoms with Gasteiger partial charge < -0.3 is 11.1 Å². The summed E-state index contributed by atoms with van der Waals surface area (Å²) >= 11 is 12.2. The Bertz CT molecular complexity index is 602. The molecule has 21 heavy (non-hydrogen) atoms. The molecule has 1 atom stereocenters. The number of hydrogen-bond acceptors (Lipinski definition) is 3. The summed E-state index contributed by atoms with van der Waals surface area (Å²) in [5, 5.41) is 4.83. The first-order valence-corrected chi connectivity index (χ1v) is 7.72. The molecule has 1 unspecified atom stereocenters. The molecule has 3 N–H and O–H groups in total. The molecule has 0 aliphatic heterocycles. The third-order valence-electron chi connectivity index (χ3n) is 3.37. The van der Waals surface area contributed by atoms with Gasteiger partial charge in [0.2, 0.25) is 0 Å². The lowest BCUT2D eigenvalue weighted by atomic mass is 9.99. The van der Waals surface area contributed by atoms with E-state index in [4.69, 9.17) is 28.9 Å². The van der Waals surface area contributed by atoms with Crippen molar-refractivity contribution in [2.45, 2.75) is 25.8 Å². The minimum atomic E-state index is 0.250. The fourth-order valence-corrected chi connectivity index (χ4v) is 2.83. The monoisotopic (exact) mass is 323 g/mol. The summed E-state index contributed by atoms with van der Waals surface area (Å²) in [4.78, 5) is 4.13. The number of nitrogens with zero attached hydrogens (tertiary/aromatic N) is 1. The van der Waals surface area contributed by atoms with Crippen LogP contribution in [0.4, 0.5) is 5.82 Å². The Morgan fingerprint density at radius 1 is 1.19 bits per heavy atom. The summed E-state index contributed by atoms with van der Waals surface area (Å²) in [6, 6.07) is 9.78. The van der Waals surface area contributed by atoms with E-state index in [2.05, 4.69) is 17.2 Å². The van der Waals surface area contributed by atoms with Crippen molar-refractivity contribution in [2.75, 3.05) is 12.3 Å². The number of benzene rings is 1. The van der Waals surface area contributed by atoms with E-state index in [1.165, 1.54) is 0 Å². The zero-order chi connectivity index (χ0) is 15.2. The molecule has 0 saturated carbocycles. The molecular weight excluding hydrogens is 305 g/mol. The van der Waals surface area contributed by atoms with Gasteiger partial charge in [0, 0.05) is 22.3 Å². The molecule has 2 rings (SSSR count). The highest BCUT2D eigenvalue weighted by Gasteiger charge is 2.13. The van der Waals surface area contributed by atoms with Crippen LogP contribution in [0.3, 0.4) is 0 Å². The molecule has 0 fully saturated rings. The van der Waals surface area contributed by atoms with E-state index in [-0.39, 0.29) is 6.04 Å². The van der Waals surface area contributed by atoms with Gasteiger partial charge in [-0.05, 0) is 48.7 Å². The second-order valence-electron chi connectivity index (χ2n) is 4.95. The summed E-state index contributed by atoms with van der Waals surface area (Å²) in [6.45, 7) is 2.97. The summed E-state index contributed by atoms with van der Waals surface area (Å²) < 4.78 is 0. The van der Waals surface area contributed by atoms with Crippen LogP contribution >= 0.6 is 23.2 Å². The van der Waals surface area contributed by atoms with Gasteiger partial charge in [0.05, 0.1) is 0 Å². The number of halogens is 2. The second kappa shape index (κ2) is 7.64. The first-order chi connectivity index (χ1) is 10.1. The molecule has 2 aromatic rings. The van der Waals surface area contributed by atoms with Crippen molar-refractivity contribution in [2.24, 2.45) is 0 Å². The largest absolute Gasteiger partial charge is 0.383 e. The summed E-state index contributed by atoms with van der Waals surface area (Å²) in [7, 11) is 0. The van der Waals surface area contributed by atoms with Crippen molar-refractivity contribution in [3.8, 4) is 0 Å². The molecule has 0 aliphatic rings. The molecule has 5 heteroatoms. The van der Waals surface area contributed by atoms with E-state index in [1.54, 1.807) is 12.3 Å². The second-order valence-corrected chi connectivity index (χ2v) is 5.79. The number of hydrogen-bond donors (Lipinski definition) is 2. The van der Waals surface area contributed by atoms with Crippen molar-refractivity contribution in [3.05, 3.63) is 57.7 Å². The maximum atomic E-state index is 6.26. The average Bonchev–Trinajstić information content (AvgIpc) is 2.44. The molecule has 0 aliphatic carbocycles. The predicted molar refractivity (Wildman–Crippen MR) is 90.0 cm³/mol. The van der Waals surface area contributed by atoms with Crippen molar-refractivity contribution >= 4 is 29.0 Å². The number of nitrogen functional groups attached to an aromatic ring is 1. The molecule has 0 radical (unpaired) electrons. The average molecular weight is 324 g/mol. The van der Waals surface area contributed by atoms with Crippen LogP contribution in [-0.4, -0.2) is 17.6 Å². The van der Waals surface area contributed by atoms with Crippen LogP contribution in [0.25, 0.3) is 0 Å². The highest BCUT2D eigenvalue weighted by Crippen LogP contribution is 2.23. The van der Waals surface area contributed by atoms with Crippen LogP contribution in [0.2, 0.25) is 10.0 Å². The predicted octanol–water partition coefficient (Wildman–Crippen LogP) is 3.73. The van der Waals surface area contributed by atoms with E-state index >= 15 is 0 Å². The Labute approximate surface area is 135 Å². The SMILES string of the molecule is CCNC(Cc1ccc(Cl)cc1Cl)Cc1cccnc1N. The molecule has 1 aromatic carbocycles. The van der Waals surface area contributed by atoms with Gasteiger partial charge in [-0.15, -0.1) is 0 Å². The maximum absolute atomic E-state index is 6.26. The zero-order valence-electron chi connectivity index (χ0n) is 11.9. The molecule has 112 valence electrons. The third kappa shape index (κ3) is 4.60. The van der Waals surface area contributed by atoms with E-state index in [0.717, 1.165) is 30.5 Å². The van der Waals surface area contributed by atoms with Gasteiger partial charge in [-0.2, -0.15) is 0 Å². The standard InChI is InChI=1S/C16H19Cl2N3/c1-2-20-14(9-12-4-3-7-21-16(12)19)8-11-5-6-13(17)10-15(11)18/h3-7,10,14,20H,2,8-9H2,1H3,(H2,19,21). The highest BCUT2D eigenvalue weighted by molar-refractivity contribution is 6.35. The fraction of sp³-hybridized carbons (Fsp3) is 0.312. The van der Waals surface area contributed by atoms with Crippen molar-refractivity contribution in [3.63, 3.8) is 0 Å². The normalized spacial score (nSPS) is 12.3. The Balaban J connectivity index is 2.14. The van der Waals surface area contributed by atoms with Crippen LogP contribution in [0, 0.1) is 0 Å². The minimum Gasteiger partial charge on any atom is -0.383 e.